The number of likely N-dealkylation sites (tertiary alicyclic amines) is 1. The molecule has 1 aliphatic rings. The van der Waals surface area contributed by atoms with E-state index in [0.717, 1.165) is 64.9 Å². The number of piperidine rings is 1. The molecule has 180 valence electrons. The number of amides is 1. The lowest BCUT2D eigenvalue weighted by molar-refractivity contribution is -0.121. The zero-order valence-corrected chi connectivity index (χ0v) is 19.9. The second-order valence-electron chi connectivity index (χ2n) is 9.39. The number of nitrogens with zero attached hydrogens (tertiary/aromatic N) is 3. The summed E-state index contributed by atoms with van der Waals surface area (Å²) in [6.07, 6.45) is 1.60. The number of carbonyl (C=O) groups is 1. The molecule has 1 fully saturated rings. The Labute approximate surface area is 209 Å². The van der Waals surface area contributed by atoms with Crippen LogP contribution in [0.15, 0.2) is 91.0 Å². The van der Waals surface area contributed by atoms with Crippen molar-refractivity contribution >= 4 is 33.4 Å². The van der Waals surface area contributed by atoms with Crippen LogP contribution in [0.5, 0.6) is 0 Å². The van der Waals surface area contributed by atoms with Gasteiger partial charge in [-0.15, -0.1) is 0 Å². The van der Waals surface area contributed by atoms with E-state index in [2.05, 4.69) is 26.9 Å². The lowest BCUT2D eigenvalue weighted by Crippen LogP contribution is -2.38. The number of halogens is 1. The third-order valence-corrected chi connectivity index (χ3v) is 7.09. The molecule has 1 amide bonds. The van der Waals surface area contributed by atoms with Crippen LogP contribution in [0, 0.1) is 11.7 Å². The molecule has 1 aliphatic heterocycles. The molecule has 0 atom stereocenters. The molecule has 5 aromatic rings. The number of rotatable bonds is 5. The van der Waals surface area contributed by atoms with Gasteiger partial charge in [-0.3, -0.25) is 14.3 Å². The number of imidazole rings is 1. The second kappa shape index (κ2) is 9.55. The van der Waals surface area contributed by atoms with Crippen molar-refractivity contribution in [3.8, 4) is 5.69 Å². The molecule has 1 aromatic heterocycles. The van der Waals surface area contributed by atoms with Crippen molar-refractivity contribution in [2.75, 3.05) is 18.4 Å². The monoisotopic (exact) mass is 478 g/mol. The van der Waals surface area contributed by atoms with Gasteiger partial charge in [-0.2, -0.15) is 0 Å². The minimum Gasteiger partial charge on any atom is -0.325 e. The quantitative estimate of drug-likeness (QED) is 0.329. The highest BCUT2D eigenvalue weighted by Crippen LogP contribution is 2.27. The molecule has 1 saturated heterocycles. The smallest absolute Gasteiger partial charge is 0.227 e. The molecule has 0 unspecified atom stereocenters. The number of anilines is 1. The van der Waals surface area contributed by atoms with Gasteiger partial charge in [-0.1, -0.05) is 48.5 Å². The summed E-state index contributed by atoms with van der Waals surface area (Å²) in [6, 6.07) is 28.7. The van der Waals surface area contributed by atoms with E-state index in [9.17, 15) is 9.18 Å². The maximum Gasteiger partial charge on any atom is 0.227 e. The summed E-state index contributed by atoms with van der Waals surface area (Å²) in [5.41, 5.74) is 3.68. The number of hydrogen-bond donors (Lipinski definition) is 1. The highest BCUT2D eigenvalue weighted by Gasteiger charge is 2.26. The maximum atomic E-state index is 13.6. The summed E-state index contributed by atoms with van der Waals surface area (Å²) in [4.78, 5) is 20.3. The molecule has 0 bridgehead atoms. The van der Waals surface area contributed by atoms with Crippen LogP contribution in [-0.2, 0) is 11.3 Å². The van der Waals surface area contributed by atoms with E-state index in [1.54, 1.807) is 12.1 Å². The molecular formula is C30H27FN4O. The normalized spacial score (nSPS) is 14.9. The van der Waals surface area contributed by atoms with Crippen molar-refractivity contribution in [2.45, 2.75) is 19.4 Å². The Morgan fingerprint density at radius 1 is 0.889 bits per heavy atom. The molecular weight excluding hydrogens is 451 g/mol. The summed E-state index contributed by atoms with van der Waals surface area (Å²) < 4.78 is 15.7. The van der Waals surface area contributed by atoms with Gasteiger partial charge in [0.2, 0.25) is 5.91 Å². The van der Waals surface area contributed by atoms with Crippen molar-refractivity contribution in [3.63, 3.8) is 0 Å². The average molecular weight is 479 g/mol. The molecule has 6 heteroatoms. The van der Waals surface area contributed by atoms with Crippen molar-refractivity contribution < 1.29 is 9.18 Å². The van der Waals surface area contributed by atoms with Gasteiger partial charge in [-0.05, 0) is 73.8 Å². The third-order valence-electron chi connectivity index (χ3n) is 7.09. The van der Waals surface area contributed by atoms with E-state index in [4.69, 9.17) is 4.98 Å². The van der Waals surface area contributed by atoms with Crippen LogP contribution in [0.1, 0.15) is 18.7 Å². The first-order valence-electron chi connectivity index (χ1n) is 12.4. The van der Waals surface area contributed by atoms with Gasteiger partial charge in [0.25, 0.3) is 0 Å². The fourth-order valence-corrected chi connectivity index (χ4v) is 5.18. The second-order valence-corrected chi connectivity index (χ2v) is 9.39. The number of hydrogen-bond acceptors (Lipinski definition) is 3. The standard InChI is InChI=1S/C30H27FN4O/c31-23-12-14-24(15-13-23)35-28-11-4-3-9-27(28)32-29(35)20-34-18-16-22(17-19-34)30(36)33-26-10-5-7-21-6-1-2-8-25(21)26/h1-15,22H,16-20H2,(H,33,36). The molecule has 0 aliphatic carbocycles. The van der Waals surface area contributed by atoms with E-state index < -0.39 is 0 Å². The third kappa shape index (κ3) is 4.36. The number of benzene rings is 4. The van der Waals surface area contributed by atoms with Gasteiger partial charge in [0, 0.05) is 22.7 Å². The van der Waals surface area contributed by atoms with Crippen LogP contribution in [0.25, 0.3) is 27.5 Å². The van der Waals surface area contributed by atoms with Crippen molar-refractivity contribution in [3.05, 3.63) is 103 Å². The highest BCUT2D eigenvalue weighted by molar-refractivity contribution is 6.02. The van der Waals surface area contributed by atoms with Crippen molar-refractivity contribution in [1.29, 1.82) is 0 Å². The summed E-state index contributed by atoms with van der Waals surface area (Å²) in [5.74, 6) is 0.732. The van der Waals surface area contributed by atoms with E-state index in [-0.39, 0.29) is 17.6 Å². The van der Waals surface area contributed by atoms with Gasteiger partial charge >= 0.3 is 0 Å². The molecule has 0 saturated carbocycles. The fraction of sp³-hybridized carbons (Fsp3) is 0.200. The average Bonchev–Trinajstić information content (AvgIpc) is 3.27. The first kappa shape index (κ1) is 22.4. The van der Waals surface area contributed by atoms with Crippen LogP contribution in [0.4, 0.5) is 10.1 Å². The van der Waals surface area contributed by atoms with Gasteiger partial charge in [0.05, 0.1) is 17.6 Å². The van der Waals surface area contributed by atoms with Gasteiger partial charge in [0.15, 0.2) is 0 Å². The largest absolute Gasteiger partial charge is 0.325 e. The zero-order chi connectivity index (χ0) is 24.5. The highest BCUT2D eigenvalue weighted by atomic mass is 19.1. The zero-order valence-electron chi connectivity index (χ0n) is 19.9. The summed E-state index contributed by atoms with van der Waals surface area (Å²) in [5, 5.41) is 5.35. The van der Waals surface area contributed by atoms with E-state index in [1.165, 1.54) is 12.1 Å². The van der Waals surface area contributed by atoms with Crippen molar-refractivity contribution in [1.82, 2.24) is 14.5 Å². The molecule has 4 aromatic carbocycles. The minimum atomic E-state index is -0.256. The topological polar surface area (TPSA) is 50.2 Å². The number of fused-ring (bicyclic) bond motifs is 2. The van der Waals surface area contributed by atoms with Gasteiger partial charge in [0.1, 0.15) is 11.6 Å². The number of carbonyl (C=O) groups excluding carboxylic acids is 1. The Kier molecular flexibility index (Phi) is 5.95. The molecule has 0 spiro atoms. The molecule has 36 heavy (non-hydrogen) atoms. The maximum absolute atomic E-state index is 13.6. The lowest BCUT2D eigenvalue weighted by Gasteiger charge is -2.31. The van der Waals surface area contributed by atoms with Crippen LogP contribution >= 0.6 is 0 Å². The minimum absolute atomic E-state index is 0.0175. The number of para-hydroxylation sites is 2. The van der Waals surface area contributed by atoms with Crippen molar-refractivity contribution in [2.24, 2.45) is 5.92 Å². The molecule has 2 heterocycles. The molecule has 6 rings (SSSR count). The van der Waals surface area contributed by atoms with E-state index in [1.807, 2.05) is 54.6 Å². The Hall–Kier alpha value is -4.03. The Balaban J connectivity index is 1.16. The van der Waals surface area contributed by atoms with Crippen LogP contribution < -0.4 is 5.32 Å². The predicted molar refractivity (Wildman–Crippen MR) is 142 cm³/mol. The molecule has 0 radical (unpaired) electrons. The fourth-order valence-electron chi connectivity index (χ4n) is 5.18. The van der Waals surface area contributed by atoms with Crippen LogP contribution in [0.3, 0.4) is 0 Å². The number of aromatic nitrogens is 2. The van der Waals surface area contributed by atoms with E-state index in [0.29, 0.717) is 6.54 Å². The Bertz CT molecular complexity index is 1530. The van der Waals surface area contributed by atoms with Gasteiger partial charge < -0.3 is 5.32 Å². The summed E-state index contributed by atoms with van der Waals surface area (Å²) >= 11 is 0. The SMILES string of the molecule is O=C(Nc1cccc2ccccc12)C1CCN(Cc2nc3ccccc3n2-c2ccc(F)cc2)CC1. The summed E-state index contributed by atoms with van der Waals surface area (Å²) in [7, 11) is 0. The molecule has 1 N–H and O–H groups in total. The first-order chi connectivity index (χ1) is 17.7. The lowest BCUT2D eigenvalue weighted by atomic mass is 9.95. The van der Waals surface area contributed by atoms with Crippen LogP contribution in [-0.4, -0.2) is 33.4 Å². The first-order valence-corrected chi connectivity index (χ1v) is 12.4. The summed E-state index contributed by atoms with van der Waals surface area (Å²) in [6.45, 7) is 2.31. The number of nitrogens with one attached hydrogen (secondary N) is 1. The Morgan fingerprint density at radius 2 is 1.61 bits per heavy atom. The predicted octanol–water partition coefficient (Wildman–Crippen LogP) is 6.17. The Morgan fingerprint density at radius 3 is 2.44 bits per heavy atom. The van der Waals surface area contributed by atoms with Crippen LogP contribution in [0.2, 0.25) is 0 Å². The van der Waals surface area contributed by atoms with E-state index >= 15 is 0 Å². The molecule has 5 nitrogen and oxygen atoms in total. The van der Waals surface area contributed by atoms with Gasteiger partial charge in [-0.25, -0.2) is 9.37 Å².